The Morgan fingerprint density at radius 2 is 2.17 bits per heavy atom. The molecule has 2 saturated heterocycles. The fraction of sp³-hybridized carbons (Fsp3) is 1.00. The van der Waals surface area contributed by atoms with Gasteiger partial charge in [-0.05, 0) is 19.8 Å². The van der Waals surface area contributed by atoms with Crippen LogP contribution in [0.1, 0.15) is 19.8 Å². The number of hydrogen-bond acceptors (Lipinski definition) is 4. The van der Waals surface area contributed by atoms with E-state index in [1.807, 2.05) is 6.92 Å². The standard InChI is InChI=1S/C7H10O4S/c1-7-2-4-5(3-7)12(8,9)11-6(4)10-7/h4-6H,2-3H2,1H3. The van der Waals surface area contributed by atoms with Gasteiger partial charge in [0.25, 0.3) is 10.1 Å². The number of rotatable bonds is 0. The van der Waals surface area contributed by atoms with Gasteiger partial charge in [-0.3, -0.25) is 0 Å². The topological polar surface area (TPSA) is 52.6 Å². The van der Waals surface area contributed by atoms with Gasteiger partial charge in [0.05, 0.1) is 10.9 Å². The van der Waals surface area contributed by atoms with E-state index >= 15 is 0 Å². The Balaban J connectivity index is 2.13. The van der Waals surface area contributed by atoms with Crippen LogP contribution in [0, 0.1) is 5.92 Å². The van der Waals surface area contributed by atoms with E-state index in [9.17, 15) is 8.42 Å². The van der Waals surface area contributed by atoms with Crippen molar-refractivity contribution >= 4 is 10.1 Å². The van der Waals surface area contributed by atoms with Gasteiger partial charge in [0.15, 0.2) is 6.29 Å². The predicted octanol–water partition coefficient (Wildman–Crippen LogP) is 0.240. The van der Waals surface area contributed by atoms with Crippen molar-refractivity contribution in [1.29, 1.82) is 0 Å². The third kappa shape index (κ3) is 0.677. The van der Waals surface area contributed by atoms with Crippen LogP contribution in [0.3, 0.4) is 0 Å². The van der Waals surface area contributed by atoms with Crippen LogP contribution >= 0.6 is 0 Å². The highest BCUT2D eigenvalue weighted by Crippen LogP contribution is 2.55. The van der Waals surface area contributed by atoms with Gasteiger partial charge >= 0.3 is 0 Å². The summed E-state index contributed by atoms with van der Waals surface area (Å²) in [6.45, 7) is 1.96. The molecule has 0 aromatic heterocycles. The Morgan fingerprint density at radius 3 is 2.67 bits per heavy atom. The molecule has 0 aromatic carbocycles. The number of ether oxygens (including phenoxy) is 1. The van der Waals surface area contributed by atoms with Crippen LogP contribution < -0.4 is 0 Å². The molecule has 4 nitrogen and oxygen atoms in total. The quantitative estimate of drug-likeness (QED) is 0.513. The molecule has 0 aromatic rings. The maximum absolute atomic E-state index is 11.3. The van der Waals surface area contributed by atoms with E-state index in [4.69, 9.17) is 8.92 Å². The van der Waals surface area contributed by atoms with E-state index in [-0.39, 0.29) is 16.8 Å². The molecule has 0 radical (unpaired) electrons. The first kappa shape index (κ1) is 7.29. The van der Waals surface area contributed by atoms with E-state index in [2.05, 4.69) is 0 Å². The van der Waals surface area contributed by atoms with Crippen molar-refractivity contribution in [3.05, 3.63) is 0 Å². The van der Waals surface area contributed by atoms with Crippen LogP contribution in [0.25, 0.3) is 0 Å². The second-order valence-electron chi connectivity index (χ2n) is 4.14. The Kier molecular flexibility index (Phi) is 1.04. The molecule has 2 aliphatic heterocycles. The molecular formula is C7H10O4S. The molecule has 0 spiro atoms. The molecule has 3 aliphatic rings. The van der Waals surface area contributed by atoms with Crippen molar-refractivity contribution in [1.82, 2.24) is 0 Å². The first-order valence-corrected chi connectivity index (χ1v) is 5.57. The van der Waals surface area contributed by atoms with Crippen molar-refractivity contribution in [2.24, 2.45) is 5.92 Å². The summed E-state index contributed by atoms with van der Waals surface area (Å²) in [4.78, 5) is 0. The minimum atomic E-state index is -3.29. The van der Waals surface area contributed by atoms with Gasteiger partial charge in [-0.2, -0.15) is 8.42 Å². The summed E-state index contributed by atoms with van der Waals surface area (Å²) >= 11 is 0. The third-order valence-corrected chi connectivity index (χ3v) is 4.84. The first-order chi connectivity index (χ1) is 5.50. The van der Waals surface area contributed by atoms with Gasteiger partial charge in [-0.1, -0.05) is 0 Å². The summed E-state index contributed by atoms with van der Waals surface area (Å²) in [7, 11) is -3.29. The number of fused-ring (bicyclic) bond motifs is 1. The van der Waals surface area contributed by atoms with Crippen LogP contribution in [0.2, 0.25) is 0 Å². The molecule has 68 valence electrons. The zero-order chi connectivity index (χ0) is 8.56. The zero-order valence-electron chi connectivity index (χ0n) is 6.69. The fourth-order valence-electron chi connectivity index (χ4n) is 2.64. The Bertz CT molecular complexity index is 331. The Hall–Kier alpha value is -0.130. The van der Waals surface area contributed by atoms with Gasteiger partial charge in [0.1, 0.15) is 0 Å². The third-order valence-electron chi connectivity index (χ3n) is 3.13. The summed E-state index contributed by atoms with van der Waals surface area (Å²) in [5.41, 5.74) is -0.233. The minimum absolute atomic E-state index is 0.0972. The monoisotopic (exact) mass is 190 g/mol. The van der Waals surface area contributed by atoms with Crippen molar-refractivity contribution < 1.29 is 17.3 Å². The summed E-state index contributed by atoms with van der Waals surface area (Å²) in [5.74, 6) is 0.0972. The lowest BCUT2D eigenvalue weighted by atomic mass is 10.1. The molecule has 4 unspecified atom stereocenters. The molecule has 0 amide bonds. The van der Waals surface area contributed by atoms with E-state index in [0.29, 0.717) is 6.42 Å². The predicted molar refractivity (Wildman–Crippen MR) is 39.8 cm³/mol. The van der Waals surface area contributed by atoms with Gasteiger partial charge in [-0.25, -0.2) is 4.18 Å². The lowest BCUT2D eigenvalue weighted by molar-refractivity contribution is -0.128. The minimum Gasteiger partial charge on any atom is -0.345 e. The van der Waals surface area contributed by atoms with Gasteiger partial charge in [0.2, 0.25) is 0 Å². The molecule has 3 fully saturated rings. The van der Waals surface area contributed by atoms with Crippen LogP contribution in [0.4, 0.5) is 0 Å². The van der Waals surface area contributed by atoms with E-state index in [0.717, 1.165) is 6.42 Å². The van der Waals surface area contributed by atoms with Crippen LogP contribution in [0.15, 0.2) is 0 Å². The molecule has 0 N–H and O–H groups in total. The van der Waals surface area contributed by atoms with E-state index in [1.54, 1.807) is 0 Å². The van der Waals surface area contributed by atoms with Crippen molar-refractivity contribution in [3.8, 4) is 0 Å². The Morgan fingerprint density at radius 1 is 1.42 bits per heavy atom. The lowest BCUT2D eigenvalue weighted by Gasteiger charge is -2.22. The zero-order valence-corrected chi connectivity index (χ0v) is 7.50. The molecule has 2 heterocycles. The summed E-state index contributed by atoms with van der Waals surface area (Å²) < 4.78 is 33.0. The van der Waals surface area contributed by atoms with Gasteiger partial charge in [-0.15, -0.1) is 0 Å². The highest BCUT2D eigenvalue weighted by molar-refractivity contribution is 7.87. The Labute approximate surface area is 71.0 Å². The van der Waals surface area contributed by atoms with Gasteiger partial charge < -0.3 is 4.74 Å². The number of hydrogen-bond donors (Lipinski definition) is 0. The lowest BCUT2D eigenvalue weighted by Crippen LogP contribution is -2.30. The average molecular weight is 190 g/mol. The highest BCUT2D eigenvalue weighted by atomic mass is 32.2. The first-order valence-electron chi connectivity index (χ1n) is 4.10. The summed E-state index contributed by atoms with van der Waals surface area (Å²) in [6.07, 6.45) is 0.969. The SMILES string of the molecule is CC12CC3C(O1)OS(=O)(=O)C3C2. The van der Waals surface area contributed by atoms with Crippen LogP contribution in [-0.2, 0) is 19.0 Å². The molecule has 1 aliphatic carbocycles. The van der Waals surface area contributed by atoms with Crippen LogP contribution in [0.5, 0.6) is 0 Å². The molecule has 3 rings (SSSR count). The van der Waals surface area contributed by atoms with Crippen LogP contribution in [-0.4, -0.2) is 25.6 Å². The molecule has 1 saturated carbocycles. The highest BCUT2D eigenvalue weighted by Gasteiger charge is 2.65. The molecule has 4 atom stereocenters. The largest absolute Gasteiger partial charge is 0.345 e. The smallest absolute Gasteiger partial charge is 0.273 e. The second-order valence-corrected chi connectivity index (χ2v) is 5.92. The fourth-order valence-corrected chi connectivity index (χ4v) is 4.44. The normalized spacial score (nSPS) is 59.6. The van der Waals surface area contributed by atoms with Gasteiger partial charge in [0, 0.05) is 5.92 Å². The second kappa shape index (κ2) is 1.71. The van der Waals surface area contributed by atoms with Crippen molar-refractivity contribution in [2.45, 2.75) is 36.9 Å². The molecule has 2 bridgehead atoms. The van der Waals surface area contributed by atoms with Crippen molar-refractivity contribution in [2.75, 3.05) is 0 Å². The van der Waals surface area contributed by atoms with E-state index < -0.39 is 16.4 Å². The molecular weight excluding hydrogens is 180 g/mol. The molecule has 5 heteroatoms. The average Bonchev–Trinajstić information content (AvgIpc) is 2.40. The molecule has 12 heavy (non-hydrogen) atoms. The maximum Gasteiger partial charge on any atom is 0.273 e. The summed E-state index contributed by atoms with van der Waals surface area (Å²) in [5, 5.41) is -0.291. The van der Waals surface area contributed by atoms with E-state index in [1.165, 1.54) is 0 Å². The van der Waals surface area contributed by atoms with Crippen molar-refractivity contribution in [3.63, 3.8) is 0 Å². The summed E-state index contributed by atoms with van der Waals surface area (Å²) in [6, 6.07) is 0. The maximum atomic E-state index is 11.3.